The Morgan fingerprint density at radius 2 is 1.41 bits per heavy atom. The number of rotatable bonds is 2. The molecule has 0 aromatic rings. The van der Waals surface area contributed by atoms with E-state index in [4.69, 9.17) is 5.11 Å². The van der Waals surface area contributed by atoms with Crippen LogP contribution in [0.5, 0.6) is 0 Å². The van der Waals surface area contributed by atoms with Crippen molar-refractivity contribution in [1.29, 1.82) is 0 Å². The first-order chi connectivity index (χ1) is 7.65. The van der Waals surface area contributed by atoms with Gasteiger partial charge in [-0.1, -0.05) is 0 Å². The Morgan fingerprint density at radius 3 is 1.71 bits per heavy atom. The fraction of sp³-hybridized carbons (Fsp3) is 0.444. The minimum atomic E-state index is -2.39. The summed E-state index contributed by atoms with van der Waals surface area (Å²) in [5.74, 6) is -5.74. The smallest absolute Gasteiger partial charge is 0.373 e. The number of hydrogen-bond acceptors (Lipinski definition) is 5. The molecule has 1 rings (SSSR count). The van der Waals surface area contributed by atoms with Crippen LogP contribution < -0.4 is 0 Å². The summed E-state index contributed by atoms with van der Waals surface area (Å²) in [7, 11) is 2.14. The lowest BCUT2D eigenvalue weighted by Gasteiger charge is -2.37. The zero-order valence-electron chi connectivity index (χ0n) is 9.38. The maximum absolute atomic E-state index is 11.7. The number of carboxylic acid groups (broad SMARTS) is 1. The minimum Gasteiger partial charge on any atom is -0.475 e. The Balaban J connectivity index is 3.36. The van der Waals surface area contributed by atoms with Crippen molar-refractivity contribution in [3.05, 3.63) is 0 Å². The predicted molar refractivity (Wildman–Crippen MR) is 51.7 cm³/mol. The minimum absolute atomic E-state index is 0.544. The van der Waals surface area contributed by atoms with Gasteiger partial charge < -0.3 is 5.11 Å². The molecule has 1 aliphatic rings. The van der Waals surface area contributed by atoms with Crippen molar-refractivity contribution in [2.75, 3.05) is 14.1 Å². The van der Waals surface area contributed by atoms with Gasteiger partial charge in [-0.05, 0) is 6.92 Å². The number of nitrogens with zero attached hydrogens (tertiary/aromatic N) is 2. The van der Waals surface area contributed by atoms with Crippen molar-refractivity contribution in [3.8, 4) is 0 Å². The summed E-state index contributed by atoms with van der Waals surface area (Å²) < 4.78 is 0. The van der Waals surface area contributed by atoms with Gasteiger partial charge in [-0.2, -0.15) is 0 Å². The maximum atomic E-state index is 11.7. The van der Waals surface area contributed by atoms with Crippen LogP contribution in [0.3, 0.4) is 0 Å². The number of urea groups is 1. The number of barbiturate groups is 1. The first-order valence-corrected chi connectivity index (χ1v) is 4.53. The van der Waals surface area contributed by atoms with Gasteiger partial charge in [-0.25, -0.2) is 9.59 Å². The quantitative estimate of drug-likeness (QED) is 0.475. The second-order valence-corrected chi connectivity index (χ2v) is 3.77. The Morgan fingerprint density at radius 1 is 1.06 bits per heavy atom. The lowest BCUT2D eigenvalue weighted by atomic mass is 9.81. The number of Topliss-reactive ketones (excluding diaryl/α,β-unsaturated/α-hetero) is 1. The van der Waals surface area contributed by atoms with Gasteiger partial charge in [0, 0.05) is 14.1 Å². The Labute approximate surface area is 95.8 Å². The highest BCUT2D eigenvalue weighted by atomic mass is 16.4. The highest BCUT2D eigenvalue weighted by Crippen LogP contribution is 2.28. The molecule has 4 amide bonds. The van der Waals surface area contributed by atoms with Crippen molar-refractivity contribution >= 4 is 29.6 Å². The monoisotopic (exact) mass is 242 g/mol. The zero-order valence-corrected chi connectivity index (χ0v) is 9.38. The van der Waals surface area contributed by atoms with Gasteiger partial charge in [-0.15, -0.1) is 0 Å². The topological polar surface area (TPSA) is 112 Å². The van der Waals surface area contributed by atoms with Crippen LogP contribution in [0.1, 0.15) is 6.92 Å². The van der Waals surface area contributed by atoms with Crippen LogP contribution in [0.15, 0.2) is 0 Å². The third-order valence-corrected chi connectivity index (χ3v) is 2.69. The average molecular weight is 242 g/mol. The van der Waals surface area contributed by atoms with Gasteiger partial charge in [-0.3, -0.25) is 24.2 Å². The number of carboxylic acids is 1. The summed E-state index contributed by atoms with van der Waals surface area (Å²) >= 11 is 0. The van der Waals surface area contributed by atoms with E-state index in [1.165, 1.54) is 0 Å². The number of carbonyl (C=O) groups is 5. The van der Waals surface area contributed by atoms with E-state index in [1.807, 2.05) is 0 Å². The van der Waals surface area contributed by atoms with Crippen LogP contribution in [-0.4, -0.2) is 58.6 Å². The van der Waals surface area contributed by atoms with E-state index >= 15 is 0 Å². The molecule has 0 unspecified atom stereocenters. The van der Waals surface area contributed by atoms with Crippen molar-refractivity contribution in [3.63, 3.8) is 0 Å². The van der Waals surface area contributed by atoms with Crippen molar-refractivity contribution in [2.24, 2.45) is 5.41 Å². The van der Waals surface area contributed by atoms with E-state index in [0.29, 0.717) is 9.80 Å². The van der Waals surface area contributed by atoms with Crippen molar-refractivity contribution in [2.45, 2.75) is 6.92 Å². The standard InChI is InChI=1S/C9H10N2O6/c1-9(4(12)5(13)14)6(15)10(2)8(17)11(3)7(9)16/h1-3H3,(H,13,14). The molecule has 0 bridgehead atoms. The van der Waals surface area contributed by atoms with Crippen LogP contribution in [0.25, 0.3) is 0 Å². The normalized spacial score (nSPS) is 19.6. The molecule has 0 aliphatic carbocycles. The number of hydrogen-bond donors (Lipinski definition) is 1. The summed E-state index contributed by atoms with van der Waals surface area (Å²) in [6, 6.07) is -0.907. The largest absolute Gasteiger partial charge is 0.475 e. The van der Waals surface area contributed by atoms with E-state index in [1.54, 1.807) is 0 Å². The molecule has 0 saturated carbocycles. The summed E-state index contributed by atoms with van der Waals surface area (Å²) in [6.07, 6.45) is 0. The molecule has 8 heteroatoms. The lowest BCUT2D eigenvalue weighted by molar-refractivity contribution is -0.167. The number of imide groups is 2. The Bertz CT molecular complexity index is 430. The second-order valence-electron chi connectivity index (χ2n) is 3.77. The third-order valence-electron chi connectivity index (χ3n) is 2.69. The van der Waals surface area contributed by atoms with E-state index in [9.17, 15) is 24.0 Å². The Hall–Kier alpha value is -2.25. The number of ketones is 1. The highest BCUT2D eigenvalue weighted by molar-refractivity contribution is 6.47. The third kappa shape index (κ3) is 1.49. The fourth-order valence-corrected chi connectivity index (χ4v) is 1.57. The summed E-state index contributed by atoms with van der Waals surface area (Å²) in [5.41, 5.74) is -2.39. The van der Waals surface area contributed by atoms with E-state index < -0.39 is 35.0 Å². The number of aliphatic carboxylic acids is 1. The summed E-state index contributed by atoms with van der Waals surface area (Å²) in [6.45, 7) is 0.896. The van der Waals surface area contributed by atoms with Crippen molar-refractivity contribution < 1.29 is 29.1 Å². The fourth-order valence-electron chi connectivity index (χ4n) is 1.57. The van der Waals surface area contributed by atoms with Gasteiger partial charge >= 0.3 is 12.0 Å². The molecule has 0 atom stereocenters. The van der Waals surface area contributed by atoms with Gasteiger partial charge in [0.05, 0.1) is 0 Å². The van der Waals surface area contributed by atoms with Gasteiger partial charge in [0.25, 0.3) is 17.6 Å². The molecule has 0 radical (unpaired) electrons. The molecule has 8 nitrogen and oxygen atoms in total. The molecule has 1 N–H and O–H groups in total. The molecule has 0 spiro atoms. The SMILES string of the molecule is CN1C(=O)N(C)C(=O)C(C)(C(=O)C(=O)O)C1=O. The van der Waals surface area contributed by atoms with Crippen LogP contribution in [0.2, 0.25) is 0 Å². The Kier molecular flexibility index (Phi) is 2.75. The van der Waals surface area contributed by atoms with Gasteiger partial charge in [0.2, 0.25) is 0 Å². The van der Waals surface area contributed by atoms with E-state index in [0.717, 1.165) is 21.0 Å². The molecule has 17 heavy (non-hydrogen) atoms. The molecular formula is C9H10N2O6. The molecule has 1 fully saturated rings. The van der Waals surface area contributed by atoms with Crippen molar-refractivity contribution in [1.82, 2.24) is 9.80 Å². The average Bonchev–Trinajstić information content (AvgIpc) is 2.30. The number of carbonyl (C=O) groups excluding carboxylic acids is 4. The zero-order chi connectivity index (χ0) is 13.5. The highest BCUT2D eigenvalue weighted by Gasteiger charge is 2.59. The summed E-state index contributed by atoms with van der Waals surface area (Å²) in [4.78, 5) is 58.0. The van der Waals surface area contributed by atoms with Crippen LogP contribution in [-0.2, 0) is 19.2 Å². The molecule has 0 aromatic heterocycles. The maximum Gasteiger partial charge on any atom is 0.373 e. The van der Waals surface area contributed by atoms with E-state index in [-0.39, 0.29) is 0 Å². The van der Waals surface area contributed by atoms with E-state index in [2.05, 4.69) is 0 Å². The molecule has 0 aromatic carbocycles. The van der Waals surface area contributed by atoms with Gasteiger partial charge in [0.1, 0.15) is 0 Å². The predicted octanol–water partition coefficient (Wildman–Crippen LogP) is -1.30. The van der Waals surface area contributed by atoms with Crippen LogP contribution in [0, 0.1) is 5.41 Å². The first-order valence-electron chi connectivity index (χ1n) is 4.53. The van der Waals surface area contributed by atoms with Crippen LogP contribution in [0.4, 0.5) is 4.79 Å². The molecule has 1 aliphatic heterocycles. The van der Waals surface area contributed by atoms with Crippen LogP contribution >= 0.6 is 0 Å². The molecule has 1 saturated heterocycles. The van der Waals surface area contributed by atoms with Gasteiger partial charge in [0.15, 0.2) is 5.41 Å². The molecule has 1 heterocycles. The lowest BCUT2D eigenvalue weighted by Crippen LogP contribution is -2.65. The number of amides is 4. The first kappa shape index (κ1) is 12.8. The molecule has 92 valence electrons. The second kappa shape index (κ2) is 3.65. The summed E-state index contributed by atoms with van der Waals surface area (Å²) in [5, 5.41) is 8.60. The molecular weight excluding hydrogens is 232 g/mol.